The second kappa shape index (κ2) is 22.1. The van der Waals surface area contributed by atoms with Crippen molar-refractivity contribution in [2.45, 2.75) is 160 Å². The first-order valence-corrected chi connectivity index (χ1v) is 26.6. The lowest BCUT2D eigenvalue weighted by Gasteiger charge is -2.46. The van der Waals surface area contributed by atoms with Gasteiger partial charge in [0.15, 0.2) is 0 Å². The zero-order valence-corrected chi connectivity index (χ0v) is 41.6. The molecule has 3 aromatic rings. The molecule has 0 amide bonds. The molecule has 0 spiro atoms. The van der Waals surface area contributed by atoms with Crippen LogP contribution in [0.25, 0.3) is 11.3 Å². The molecule has 2 aromatic carbocycles. The molecule has 10 N–H and O–H groups in total. The fourth-order valence-electron chi connectivity index (χ4n) is 13.5. The Kier molecular flexibility index (Phi) is 16.2. The highest BCUT2D eigenvalue weighted by Gasteiger charge is 2.59. The number of H-pyrrole nitrogens is 1. The van der Waals surface area contributed by atoms with E-state index >= 15 is 0 Å². The molecule has 2 heterocycles. The average Bonchev–Trinajstić information content (AvgIpc) is 3.87. The smallest absolute Gasteiger partial charge is 0.309 e. The summed E-state index contributed by atoms with van der Waals surface area (Å²) in [5, 5.41) is 73.5. The van der Waals surface area contributed by atoms with Gasteiger partial charge in [-0.1, -0.05) is 114 Å². The number of hydrogen-bond acceptors (Lipinski definition) is 8. The molecule has 0 radical (unpaired) electrons. The zero-order chi connectivity index (χ0) is 49.0. The van der Waals surface area contributed by atoms with E-state index in [1.165, 1.54) is 30.9 Å². The van der Waals surface area contributed by atoms with Crippen LogP contribution in [0.15, 0.2) is 90.3 Å². The highest BCUT2D eigenvalue weighted by molar-refractivity contribution is 5.73. The molecule has 374 valence electrons. The molecule has 4 aliphatic carbocycles. The summed E-state index contributed by atoms with van der Waals surface area (Å²) in [5.74, 6) is -1.84. The van der Waals surface area contributed by atoms with Crippen molar-refractivity contribution in [3.8, 4) is 22.8 Å². The summed E-state index contributed by atoms with van der Waals surface area (Å²) in [6.07, 6.45) is 23.9. The maximum atomic E-state index is 13.5. The van der Waals surface area contributed by atoms with Gasteiger partial charge in [0.05, 0.1) is 29.5 Å². The van der Waals surface area contributed by atoms with Gasteiger partial charge in [-0.05, 0) is 134 Å². The molecule has 10 nitrogen and oxygen atoms in total. The number of aromatic hydroxyl groups is 2. The second-order valence-electron chi connectivity index (χ2n) is 22.1. The molecule has 1 aliphatic heterocycles. The number of fused-ring (bicyclic) bond motifs is 1. The number of carbonyl (C=O) groups is 1. The maximum absolute atomic E-state index is 13.5. The van der Waals surface area contributed by atoms with Gasteiger partial charge >= 0.3 is 5.97 Å². The number of aliphatic hydroxyl groups excluding tert-OH is 2. The predicted octanol–water partition coefficient (Wildman–Crippen LogP) is 10.9. The van der Waals surface area contributed by atoms with Crippen LogP contribution in [0.5, 0.6) is 11.5 Å². The lowest BCUT2D eigenvalue weighted by atomic mass is 9.62. The number of aliphatic hydroxyl groups is 3. The van der Waals surface area contributed by atoms with Crippen LogP contribution in [-0.4, -0.2) is 65.9 Å². The SMILES string of the molecule is CCCCCC1C=CC(CCCCC2CCC(c3cc(CC)c(-c4cc(O)cc(O)c4Cc4ccc(C(C)C)cc4)[nH]3)C3CC(CC4=CCNC(N)=C4)C4C=CC(CC43O)C(O)C2C(=O)O)C(O)C1. The molecule has 8 rings (SSSR count). The van der Waals surface area contributed by atoms with Crippen LogP contribution in [-0.2, 0) is 17.6 Å². The van der Waals surface area contributed by atoms with Crippen LogP contribution in [0.1, 0.15) is 157 Å². The maximum Gasteiger partial charge on any atom is 0.309 e. The fraction of sp³-hybridized carbons (Fsp3) is 0.576. The number of nitrogens with one attached hydrogen (secondary N) is 2. The Bertz CT molecular complexity index is 2360. The van der Waals surface area contributed by atoms with Crippen LogP contribution < -0.4 is 11.1 Å². The van der Waals surface area contributed by atoms with Crippen molar-refractivity contribution in [2.24, 2.45) is 53.1 Å². The Morgan fingerprint density at radius 1 is 0.899 bits per heavy atom. The molecular formula is C59H81N3O7. The van der Waals surface area contributed by atoms with Gasteiger partial charge in [0.25, 0.3) is 0 Å². The van der Waals surface area contributed by atoms with Crippen LogP contribution in [0, 0.1) is 47.3 Å². The molecule has 2 bridgehead atoms. The largest absolute Gasteiger partial charge is 0.508 e. The molecule has 2 fully saturated rings. The van der Waals surface area contributed by atoms with Crippen molar-refractivity contribution in [3.05, 3.63) is 118 Å². The topological polar surface area (TPSA) is 192 Å². The van der Waals surface area contributed by atoms with Gasteiger partial charge in [0.1, 0.15) is 11.5 Å². The molecule has 1 aromatic heterocycles. The van der Waals surface area contributed by atoms with Gasteiger partial charge in [-0.15, -0.1) is 0 Å². The number of unbranched alkanes of at least 4 members (excludes halogenated alkanes) is 3. The molecule has 69 heavy (non-hydrogen) atoms. The minimum atomic E-state index is -1.22. The highest BCUT2D eigenvalue weighted by atomic mass is 16.4. The van der Waals surface area contributed by atoms with Gasteiger partial charge in [0, 0.05) is 65.2 Å². The summed E-state index contributed by atoms with van der Waals surface area (Å²) in [5.41, 5.74) is 12.7. The highest BCUT2D eigenvalue weighted by Crippen LogP contribution is 2.59. The van der Waals surface area contributed by atoms with Crippen molar-refractivity contribution >= 4 is 5.97 Å². The number of aryl methyl sites for hydroxylation is 1. The van der Waals surface area contributed by atoms with E-state index < -0.39 is 29.5 Å². The number of aromatic amines is 1. The van der Waals surface area contributed by atoms with Crippen LogP contribution in [0.4, 0.5) is 0 Å². The van der Waals surface area contributed by atoms with E-state index in [1.807, 2.05) is 12.2 Å². The lowest BCUT2D eigenvalue weighted by molar-refractivity contribution is -0.153. The summed E-state index contributed by atoms with van der Waals surface area (Å²) in [6, 6.07) is 13.8. The van der Waals surface area contributed by atoms with E-state index in [-0.39, 0.29) is 59.5 Å². The first-order chi connectivity index (χ1) is 33.2. The minimum Gasteiger partial charge on any atom is -0.508 e. The minimum absolute atomic E-state index is 0.0225. The Hall–Kier alpha value is -4.77. The molecule has 12 atom stereocenters. The van der Waals surface area contributed by atoms with Crippen molar-refractivity contribution in [1.29, 1.82) is 0 Å². The first-order valence-electron chi connectivity index (χ1n) is 26.6. The molecular weight excluding hydrogens is 863 g/mol. The monoisotopic (exact) mass is 944 g/mol. The summed E-state index contributed by atoms with van der Waals surface area (Å²) < 4.78 is 0. The number of nitrogens with two attached hydrogens (primary N) is 1. The number of hydrogen-bond donors (Lipinski definition) is 9. The standard InChI is InChI=1S/C59H81N3O7/c1-5-7-8-11-36-16-19-41(52(64)28-36)12-9-10-13-42-20-22-46(50-30-44(26-38-24-25-61-54(60)29-38)49-23-21-43(34-59(49,50)69)57(66)55(42)58(67)68)51-31-39(6-2)56(62-51)48-32-45(63)33-53(65)47(48)27-37-14-17-40(18-15-37)35(3)4/h14-19,21,23-24,29,31-33,35-36,41-44,46,49-50,52,55,57,61-66,69H,5-13,20,22,25-28,30,34,60H2,1-4H3,(H,67,68). The number of aliphatic carboxylic acids is 1. The third-order valence-corrected chi connectivity index (χ3v) is 17.3. The van der Waals surface area contributed by atoms with Gasteiger partial charge in [-0.3, -0.25) is 4.79 Å². The summed E-state index contributed by atoms with van der Waals surface area (Å²) in [6.45, 7) is 9.30. The normalized spacial score (nSPS) is 31.0. The molecule has 10 heteroatoms. The van der Waals surface area contributed by atoms with Crippen LogP contribution in [0.2, 0.25) is 0 Å². The number of allylic oxidation sites excluding steroid dienone is 3. The summed E-state index contributed by atoms with van der Waals surface area (Å²) in [7, 11) is 0. The van der Waals surface area contributed by atoms with E-state index in [4.69, 9.17) is 5.73 Å². The number of dihydropyridines is 1. The van der Waals surface area contributed by atoms with Crippen LogP contribution in [0.3, 0.4) is 0 Å². The summed E-state index contributed by atoms with van der Waals surface area (Å²) >= 11 is 0. The number of carboxylic acids is 1. The number of carboxylic acid groups (broad SMARTS) is 1. The van der Waals surface area contributed by atoms with Crippen molar-refractivity contribution < 1.29 is 35.4 Å². The van der Waals surface area contributed by atoms with Gasteiger partial charge in [0.2, 0.25) is 0 Å². The molecule has 0 saturated heterocycles. The number of phenolic OH excluding ortho intramolecular Hbond substituents is 2. The number of aromatic nitrogens is 1. The predicted molar refractivity (Wildman–Crippen MR) is 274 cm³/mol. The van der Waals surface area contributed by atoms with Crippen molar-refractivity contribution in [2.75, 3.05) is 6.54 Å². The Balaban J connectivity index is 1.13. The third kappa shape index (κ3) is 11.2. The van der Waals surface area contributed by atoms with Crippen molar-refractivity contribution in [1.82, 2.24) is 10.3 Å². The number of rotatable bonds is 18. The fourth-order valence-corrected chi connectivity index (χ4v) is 13.5. The van der Waals surface area contributed by atoms with Crippen molar-refractivity contribution in [3.63, 3.8) is 0 Å². The number of phenols is 2. The molecule has 2 saturated carbocycles. The van der Waals surface area contributed by atoms with Gasteiger partial charge < -0.3 is 46.7 Å². The average molecular weight is 944 g/mol. The Morgan fingerprint density at radius 3 is 2.38 bits per heavy atom. The quantitative estimate of drug-likeness (QED) is 0.0441. The second-order valence-corrected chi connectivity index (χ2v) is 22.1. The van der Waals surface area contributed by atoms with Gasteiger partial charge in [-0.2, -0.15) is 0 Å². The number of benzene rings is 2. The van der Waals surface area contributed by atoms with Gasteiger partial charge in [-0.25, -0.2) is 0 Å². The Morgan fingerprint density at radius 2 is 1.67 bits per heavy atom. The van der Waals surface area contributed by atoms with E-state index in [9.17, 15) is 35.4 Å². The molecule has 5 aliphatic rings. The summed E-state index contributed by atoms with van der Waals surface area (Å²) in [4.78, 5) is 17.3. The van der Waals surface area contributed by atoms with E-state index in [2.05, 4.69) is 92.6 Å². The molecule has 12 unspecified atom stereocenters. The van der Waals surface area contributed by atoms with E-state index in [0.29, 0.717) is 61.9 Å². The third-order valence-electron chi connectivity index (χ3n) is 17.3. The van der Waals surface area contributed by atoms with E-state index in [1.54, 1.807) is 6.07 Å². The van der Waals surface area contributed by atoms with Crippen LogP contribution >= 0.6 is 0 Å². The Labute approximate surface area is 410 Å². The van der Waals surface area contributed by atoms with E-state index in [0.717, 1.165) is 78.6 Å². The zero-order valence-electron chi connectivity index (χ0n) is 41.6. The first kappa shape index (κ1) is 50.6. The lowest BCUT2D eigenvalue weighted by Crippen LogP contribution is -2.50.